The van der Waals surface area contributed by atoms with E-state index in [-0.39, 0.29) is 17.9 Å². The van der Waals surface area contributed by atoms with Gasteiger partial charge in [0.1, 0.15) is 18.4 Å². The molecule has 118 valence electrons. The Morgan fingerprint density at radius 3 is 3.00 bits per heavy atom. The van der Waals surface area contributed by atoms with Crippen LogP contribution in [0.2, 0.25) is 0 Å². The quantitative estimate of drug-likeness (QED) is 0.811. The zero-order valence-corrected chi connectivity index (χ0v) is 12.7. The standard InChI is InChI=1S/C14H20N6O2/c1-2-19-13(21)6-5-12(17-19)14(22)18-7-3-4-11(8-18)20-10-15-9-16-20/h9-11H,2-8H2,1H3/t11-/m0/s1. The zero-order valence-electron chi connectivity index (χ0n) is 12.7. The molecule has 0 unspecified atom stereocenters. The van der Waals surface area contributed by atoms with Crippen LogP contribution in [0, 0.1) is 0 Å². The topological polar surface area (TPSA) is 83.7 Å². The summed E-state index contributed by atoms with van der Waals surface area (Å²) < 4.78 is 1.81. The van der Waals surface area contributed by atoms with E-state index in [2.05, 4.69) is 15.2 Å². The molecule has 0 radical (unpaired) electrons. The minimum absolute atomic E-state index is 0.0156. The van der Waals surface area contributed by atoms with Gasteiger partial charge in [-0.2, -0.15) is 10.2 Å². The van der Waals surface area contributed by atoms with Gasteiger partial charge in [0.15, 0.2) is 0 Å². The number of carbonyl (C=O) groups is 2. The number of amides is 2. The van der Waals surface area contributed by atoms with Crippen molar-refractivity contribution >= 4 is 17.5 Å². The van der Waals surface area contributed by atoms with Crippen molar-refractivity contribution in [3.05, 3.63) is 12.7 Å². The lowest BCUT2D eigenvalue weighted by molar-refractivity contribution is -0.132. The zero-order chi connectivity index (χ0) is 15.5. The largest absolute Gasteiger partial charge is 0.335 e. The van der Waals surface area contributed by atoms with E-state index in [0.29, 0.717) is 31.6 Å². The number of hydrazone groups is 1. The normalized spacial score (nSPS) is 22.7. The van der Waals surface area contributed by atoms with Crippen LogP contribution in [0.3, 0.4) is 0 Å². The van der Waals surface area contributed by atoms with Gasteiger partial charge in [-0.15, -0.1) is 0 Å². The molecule has 8 heteroatoms. The van der Waals surface area contributed by atoms with E-state index >= 15 is 0 Å². The Balaban J connectivity index is 1.70. The molecular formula is C14H20N6O2. The molecule has 3 rings (SSSR count). The molecule has 2 aliphatic heterocycles. The molecule has 8 nitrogen and oxygen atoms in total. The molecule has 0 bridgehead atoms. The number of likely N-dealkylation sites (tertiary alicyclic amines) is 1. The Morgan fingerprint density at radius 1 is 1.41 bits per heavy atom. The molecule has 0 saturated carbocycles. The second-order valence-electron chi connectivity index (χ2n) is 5.58. The predicted octanol–water partition coefficient (Wildman–Crippen LogP) is 0.440. The number of hydrogen-bond donors (Lipinski definition) is 0. The van der Waals surface area contributed by atoms with Crippen LogP contribution in [0.25, 0.3) is 0 Å². The highest BCUT2D eigenvalue weighted by molar-refractivity contribution is 6.39. The molecular weight excluding hydrogens is 284 g/mol. The fourth-order valence-electron chi connectivity index (χ4n) is 2.95. The van der Waals surface area contributed by atoms with Gasteiger partial charge >= 0.3 is 0 Å². The molecule has 1 aromatic heterocycles. The summed E-state index contributed by atoms with van der Waals surface area (Å²) in [7, 11) is 0. The monoisotopic (exact) mass is 304 g/mol. The second-order valence-corrected chi connectivity index (χ2v) is 5.58. The van der Waals surface area contributed by atoms with Gasteiger partial charge in [-0.25, -0.2) is 14.7 Å². The lowest BCUT2D eigenvalue weighted by atomic mass is 10.0. The van der Waals surface area contributed by atoms with Crippen LogP contribution < -0.4 is 0 Å². The Labute approximate surface area is 128 Å². The number of piperidine rings is 1. The van der Waals surface area contributed by atoms with Crippen molar-refractivity contribution in [2.45, 2.75) is 38.6 Å². The molecule has 3 heterocycles. The summed E-state index contributed by atoms with van der Waals surface area (Å²) in [6.45, 7) is 3.69. The van der Waals surface area contributed by atoms with Crippen molar-refractivity contribution in [2.24, 2.45) is 5.10 Å². The maximum absolute atomic E-state index is 12.6. The van der Waals surface area contributed by atoms with Crippen LogP contribution in [0.4, 0.5) is 0 Å². The SMILES string of the molecule is CCN1N=C(C(=O)N2CCC[C@H](n3cncn3)C2)CCC1=O. The van der Waals surface area contributed by atoms with Gasteiger partial charge < -0.3 is 4.90 Å². The predicted molar refractivity (Wildman–Crippen MR) is 78.9 cm³/mol. The number of hydrogen-bond acceptors (Lipinski definition) is 5. The van der Waals surface area contributed by atoms with Crippen LogP contribution in [0.15, 0.2) is 17.8 Å². The van der Waals surface area contributed by atoms with Crippen molar-refractivity contribution < 1.29 is 9.59 Å². The van der Waals surface area contributed by atoms with Gasteiger partial charge in [-0.3, -0.25) is 9.59 Å². The summed E-state index contributed by atoms with van der Waals surface area (Å²) in [5.74, 6) is -0.0750. The third kappa shape index (κ3) is 2.86. The van der Waals surface area contributed by atoms with E-state index in [0.717, 1.165) is 19.4 Å². The van der Waals surface area contributed by atoms with Gasteiger partial charge in [-0.1, -0.05) is 0 Å². The first kappa shape index (κ1) is 14.7. The average molecular weight is 304 g/mol. The van der Waals surface area contributed by atoms with E-state index in [9.17, 15) is 9.59 Å². The van der Waals surface area contributed by atoms with Crippen LogP contribution in [0.5, 0.6) is 0 Å². The molecule has 22 heavy (non-hydrogen) atoms. The first-order valence-corrected chi connectivity index (χ1v) is 7.70. The summed E-state index contributed by atoms with van der Waals surface area (Å²) in [5.41, 5.74) is 0.487. The molecule has 1 saturated heterocycles. The highest BCUT2D eigenvalue weighted by Gasteiger charge is 2.30. The number of nitrogens with zero attached hydrogens (tertiary/aromatic N) is 6. The van der Waals surface area contributed by atoms with Gasteiger partial charge in [-0.05, 0) is 19.8 Å². The number of carbonyl (C=O) groups excluding carboxylic acids is 2. The number of rotatable bonds is 3. The Hall–Kier alpha value is -2.25. The summed E-state index contributed by atoms with van der Waals surface area (Å²) in [4.78, 5) is 30.1. The Morgan fingerprint density at radius 2 is 2.27 bits per heavy atom. The van der Waals surface area contributed by atoms with Crippen molar-refractivity contribution in [1.82, 2.24) is 24.7 Å². The molecule has 1 aromatic rings. The van der Waals surface area contributed by atoms with E-state index in [1.807, 2.05) is 16.5 Å². The van der Waals surface area contributed by atoms with Crippen LogP contribution in [0.1, 0.15) is 38.6 Å². The molecule has 1 atom stereocenters. The van der Waals surface area contributed by atoms with Gasteiger partial charge in [0, 0.05) is 32.5 Å². The minimum atomic E-state index is -0.0595. The van der Waals surface area contributed by atoms with E-state index in [1.165, 1.54) is 11.3 Å². The third-order valence-corrected chi connectivity index (χ3v) is 4.15. The van der Waals surface area contributed by atoms with Crippen LogP contribution in [-0.4, -0.2) is 61.8 Å². The molecule has 0 aromatic carbocycles. The first-order valence-electron chi connectivity index (χ1n) is 7.70. The lowest BCUT2D eigenvalue weighted by Gasteiger charge is -2.33. The number of aromatic nitrogens is 3. The van der Waals surface area contributed by atoms with Crippen LogP contribution >= 0.6 is 0 Å². The Kier molecular flexibility index (Phi) is 4.17. The fourth-order valence-corrected chi connectivity index (χ4v) is 2.95. The van der Waals surface area contributed by atoms with E-state index < -0.39 is 0 Å². The van der Waals surface area contributed by atoms with Gasteiger partial charge in [0.05, 0.1) is 6.04 Å². The smallest absolute Gasteiger partial charge is 0.270 e. The molecule has 2 aliphatic rings. The van der Waals surface area contributed by atoms with Gasteiger partial charge in [0.25, 0.3) is 5.91 Å². The summed E-state index contributed by atoms with van der Waals surface area (Å²) in [6.07, 6.45) is 5.90. The first-order chi connectivity index (χ1) is 10.7. The summed E-state index contributed by atoms with van der Waals surface area (Å²) in [6, 6.07) is 0.160. The fraction of sp³-hybridized carbons (Fsp3) is 0.643. The van der Waals surface area contributed by atoms with Crippen molar-refractivity contribution in [1.29, 1.82) is 0 Å². The molecule has 0 N–H and O–H groups in total. The van der Waals surface area contributed by atoms with Crippen molar-refractivity contribution in [3.63, 3.8) is 0 Å². The summed E-state index contributed by atoms with van der Waals surface area (Å²) >= 11 is 0. The molecule has 1 fully saturated rings. The van der Waals surface area contributed by atoms with E-state index in [4.69, 9.17) is 0 Å². The Bertz CT molecular complexity index is 582. The van der Waals surface area contributed by atoms with Crippen molar-refractivity contribution in [3.8, 4) is 0 Å². The highest BCUT2D eigenvalue weighted by Crippen LogP contribution is 2.21. The molecule has 2 amide bonds. The van der Waals surface area contributed by atoms with Gasteiger partial charge in [0.2, 0.25) is 5.91 Å². The average Bonchev–Trinajstić information content (AvgIpc) is 3.09. The third-order valence-electron chi connectivity index (χ3n) is 4.15. The summed E-state index contributed by atoms with van der Waals surface area (Å²) in [5, 5.41) is 9.77. The van der Waals surface area contributed by atoms with Crippen molar-refractivity contribution in [2.75, 3.05) is 19.6 Å². The maximum atomic E-state index is 12.6. The minimum Gasteiger partial charge on any atom is -0.335 e. The highest BCUT2D eigenvalue weighted by atomic mass is 16.2. The second kappa shape index (κ2) is 6.25. The lowest BCUT2D eigenvalue weighted by Crippen LogP contribution is -2.46. The van der Waals surface area contributed by atoms with E-state index in [1.54, 1.807) is 6.33 Å². The van der Waals surface area contributed by atoms with Crippen LogP contribution in [-0.2, 0) is 9.59 Å². The molecule has 0 aliphatic carbocycles. The molecule has 0 spiro atoms. The maximum Gasteiger partial charge on any atom is 0.270 e.